The van der Waals surface area contributed by atoms with E-state index in [0.717, 1.165) is 16.7 Å². The Morgan fingerprint density at radius 3 is 1.76 bits per heavy atom. The second kappa shape index (κ2) is 8.90. The summed E-state index contributed by atoms with van der Waals surface area (Å²) in [5.41, 5.74) is 1.70. The molecule has 0 radical (unpaired) electrons. The number of nitrogens with zero attached hydrogens (tertiary/aromatic N) is 1. The lowest BCUT2D eigenvalue weighted by Crippen LogP contribution is -2.47. The molecule has 0 aromatic heterocycles. The molecule has 34 heavy (non-hydrogen) atoms. The van der Waals surface area contributed by atoms with Crippen molar-refractivity contribution < 1.29 is 19.0 Å². The highest BCUT2D eigenvalue weighted by molar-refractivity contribution is 5.69. The van der Waals surface area contributed by atoms with E-state index in [1.165, 1.54) is 0 Å². The lowest BCUT2D eigenvalue weighted by Gasteiger charge is -2.38. The standard InChI is InChI=1S/C29H31NO4/c1-28(2,3)34-27(31)30-19-25-26(33-25)24(30)20-32-29(21-13-7-4-8-14-21,22-15-9-5-10-16-22)23-17-11-6-12-18-23/h4-18,24-26H,19-20H2,1-3H3/t24-,25+,26-/m1/s1. The lowest BCUT2D eigenvalue weighted by molar-refractivity contribution is -0.0380. The third-order valence-electron chi connectivity index (χ3n) is 6.42. The molecule has 0 bridgehead atoms. The van der Waals surface area contributed by atoms with Gasteiger partial charge in [-0.25, -0.2) is 4.79 Å². The van der Waals surface area contributed by atoms with Crippen LogP contribution in [0.3, 0.4) is 0 Å². The van der Waals surface area contributed by atoms with E-state index in [0.29, 0.717) is 13.2 Å². The van der Waals surface area contributed by atoms with Crippen molar-refractivity contribution in [1.29, 1.82) is 0 Å². The number of benzene rings is 3. The molecule has 3 aromatic rings. The van der Waals surface area contributed by atoms with E-state index in [-0.39, 0.29) is 24.3 Å². The van der Waals surface area contributed by atoms with Crippen LogP contribution in [0.2, 0.25) is 0 Å². The number of epoxide rings is 1. The highest BCUT2D eigenvalue weighted by atomic mass is 16.6. The molecule has 1 amide bonds. The Bertz CT molecular complexity index is 1010. The van der Waals surface area contributed by atoms with Gasteiger partial charge < -0.3 is 14.2 Å². The van der Waals surface area contributed by atoms with Crippen molar-refractivity contribution in [2.75, 3.05) is 13.2 Å². The minimum Gasteiger partial charge on any atom is -0.444 e. The molecule has 0 unspecified atom stereocenters. The fraction of sp³-hybridized carbons (Fsp3) is 0.345. The number of likely N-dealkylation sites (tertiary alicyclic amines) is 1. The van der Waals surface area contributed by atoms with Gasteiger partial charge in [0.25, 0.3) is 0 Å². The molecule has 5 rings (SSSR count). The first-order valence-corrected chi connectivity index (χ1v) is 11.8. The third kappa shape index (κ3) is 4.33. The molecule has 2 aliphatic heterocycles. The van der Waals surface area contributed by atoms with Crippen molar-refractivity contribution in [2.24, 2.45) is 0 Å². The van der Waals surface area contributed by atoms with Crippen LogP contribution in [0.25, 0.3) is 0 Å². The van der Waals surface area contributed by atoms with Gasteiger partial charge in [0.15, 0.2) is 0 Å². The topological polar surface area (TPSA) is 51.3 Å². The summed E-state index contributed by atoms with van der Waals surface area (Å²) in [5.74, 6) is 0. The Balaban J connectivity index is 1.52. The highest BCUT2D eigenvalue weighted by Crippen LogP contribution is 2.43. The van der Waals surface area contributed by atoms with Crippen LogP contribution in [0.4, 0.5) is 4.79 Å². The molecule has 0 saturated carbocycles. The predicted molar refractivity (Wildman–Crippen MR) is 131 cm³/mol. The molecule has 2 saturated heterocycles. The van der Waals surface area contributed by atoms with Crippen molar-refractivity contribution >= 4 is 6.09 Å². The van der Waals surface area contributed by atoms with Crippen molar-refractivity contribution in [1.82, 2.24) is 4.90 Å². The zero-order valence-corrected chi connectivity index (χ0v) is 19.9. The predicted octanol–water partition coefficient (Wildman–Crippen LogP) is 5.38. The first kappa shape index (κ1) is 22.6. The van der Waals surface area contributed by atoms with Gasteiger partial charge in [0.05, 0.1) is 19.2 Å². The molecular weight excluding hydrogens is 426 g/mol. The van der Waals surface area contributed by atoms with Gasteiger partial charge in [0, 0.05) is 0 Å². The average molecular weight is 458 g/mol. The van der Waals surface area contributed by atoms with E-state index >= 15 is 0 Å². The van der Waals surface area contributed by atoms with E-state index in [4.69, 9.17) is 14.2 Å². The molecule has 2 aliphatic rings. The number of hydrogen-bond acceptors (Lipinski definition) is 4. The van der Waals surface area contributed by atoms with Gasteiger partial charge in [-0.2, -0.15) is 0 Å². The van der Waals surface area contributed by atoms with Crippen molar-refractivity contribution in [2.45, 2.75) is 50.2 Å². The summed E-state index contributed by atoms with van der Waals surface area (Å²) in [5, 5.41) is 0. The first-order valence-electron chi connectivity index (χ1n) is 11.8. The van der Waals surface area contributed by atoms with Gasteiger partial charge in [-0.15, -0.1) is 0 Å². The largest absolute Gasteiger partial charge is 0.444 e. The summed E-state index contributed by atoms with van der Waals surface area (Å²) in [6.45, 7) is 6.50. The molecule has 0 spiro atoms. The summed E-state index contributed by atoms with van der Waals surface area (Å²) in [6.07, 6.45) is -0.283. The van der Waals surface area contributed by atoms with E-state index in [1.807, 2.05) is 75.4 Å². The molecule has 176 valence electrons. The minimum absolute atomic E-state index is 0.0208. The molecule has 0 N–H and O–H groups in total. The van der Waals surface area contributed by atoms with Crippen LogP contribution in [0, 0.1) is 0 Å². The number of hydrogen-bond donors (Lipinski definition) is 0. The fourth-order valence-corrected chi connectivity index (χ4v) is 4.84. The number of morpholine rings is 1. The average Bonchev–Trinajstić information content (AvgIpc) is 3.52. The van der Waals surface area contributed by atoms with Crippen LogP contribution < -0.4 is 0 Å². The summed E-state index contributed by atoms with van der Waals surface area (Å²) < 4.78 is 18.5. The second-order valence-corrected chi connectivity index (χ2v) is 9.93. The van der Waals surface area contributed by atoms with Crippen LogP contribution >= 0.6 is 0 Å². The van der Waals surface area contributed by atoms with Gasteiger partial charge >= 0.3 is 6.09 Å². The summed E-state index contributed by atoms with van der Waals surface area (Å²) in [6, 6.07) is 30.6. The van der Waals surface area contributed by atoms with E-state index in [2.05, 4.69) is 36.4 Å². The molecule has 3 aromatic carbocycles. The number of carbonyl (C=O) groups is 1. The molecule has 2 heterocycles. The van der Waals surface area contributed by atoms with Crippen LogP contribution in [0.15, 0.2) is 91.0 Å². The molecular formula is C29H31NO4. The summed E-state index contributed by atoms with van der Waals surface area (Å²) in [4.78, 5) is 14.7. The summed E-state index contributed by atoms with van der Waals surface area (Å²) >= 11 is 0. The maximum atomic E-state index is 13.0. The quantitative estimate of drug-likeness (QED) is 0.368. The maximum Gasteiger partial charge on any atom is 0.410 e. The molecule has 3 atom stereocenters. The molecule has 5 nitrogen and oxygen atoms in total. The van der Waals surface area contributed by atoms with Crippen molar-refractivity contribution in [3.05, 3.63) is 108 Å². The van der Waals surface area contributed by atoms with E-state index in [9.17, 15) is 4.79 Å². The normalized spacial score (nSPS) is 21.7. The maximum absolute atomic E-state index is 13.0. The highest BCUT2D eigenvalue weighted by Gasteiger charge is 2.57. The lowest BCUT2D eigenvalue weighted by atomic mass is 9.80. The van der Waals surface area contributed by atoms with Gasteiger partial charge in [0.1, 0.15) is 23.4 Å². The number of ether oxygens (including phenoxy) is 3. The zero-order valence-electron chi connectivity index (χ0n) is 19.9. The third-order valence-corrected chi connectivity index (χ3v) is 6.42. The van der Waals surface area contributed by atoms with Gasteiger partial charge in [-0.1, -0.05) is 91.0 Å². The van der Waals surface area contributed by atoms with E-state index in [1.54, 1.807) is 4.90 Å². The Kier molecular flexibility index (Phi) is 5.92. The SMILES string of the molecule is CC(C)(C)OC(=O)N1C[C@@H]2O[C@@H]2[C@H]1COC(c1ccccc1)(c1ccccc1)c1ccccc1. The molecule has 5 heteroatoms. The molecule has 0 aliphatic carbocycles. The van der Waals surface area contributed by atoms with Gasteiger partial charge in [0.2, 0.25) is 0 Å². The first-order chi connectivity index (χ1) is 16.4. The minimum atomic E-state index is -0.837. The second-order valence-electron chi connectivity index (χ2n) is 9.93. The number of rotatable bonds is 6. The fourth-order valence-electron chi connectivity index (χ4n) is 4.84. The number of fused-ring (bicyclic) bond motifs is 1. The Hall–Kier alpha value is -3.15. The Morgan fingerprint density at radius 1 is 0.853 bits per heavy atom. The van der Waals surface area contributed by atoms with Crippen LogP contribution in [0.5, 0.6) is 0 Å². The van der Waals surface area contributed by atoms with Crippen LogP contribution in [0.1, 0.15) is 37.5 Å². The van der Waals surface area contributed by atoms with Crippen molar-refractivity contribution in [3.8, 4) is 0 Å². The van der Waals surface area contributed by atoms with Crippen LogP contribution in [-0.2, 0) is 19.8 Å². The van der Waals surface area contributed by atoms with Crippen molar-refractivity contribution in [3.63, 3.8) is 0 Å². The Morgan fingerprint density at radius 2 is 1.32 bits per heavy atom. The van der Waals surface area contributed by atoms with E-state index < -0.39 is 11.2 Å². The smallest absolute Gasteiger partial charge is 0.410 e. The Labute approximate surface area is 201 Å². The van der Waals surface area contributed by atoms with Crippen LogP contribution in [-0.4, -0.2) is 48.0 Å². The number of amides is 1. The van der Waals surface area contributed by atoms with Gasteiger partial charge in [-0.3, -0.25) is 4.90 Å². The summed E-state index contributed by atoms with van der Waals surface area (Å²) in [7, 11) is 0. The number of carbonyl (C=O) groups excluding carboxylic acids is 1. The molecule has 2 fully saturated rings. The van der Waals surface area contributed by atoms with Gasteiger partial charge in [-0.05, 0) is 37.5 Å². The zero-order chi connectivity index (χ0) is 23.8. The monoisotopic (exact) mass is 457 g/mol.